The van der Waals surface area contributed by atoms with Gasteiger partial charge in [0.15, 0.2) is 11.5 Å². The van der Waals surface area contributed by atoms with E-state index in [4.69, 9.17) is 9.26 Å². The minimum absolute atomic E-state index is 0.241. The Morgan fingerprint density at radius 2 is 1.91 bits per heavy atom. The molecule has 3 aromatic rings. The smallest absolute Gasteiger partial charge is 0.273 e. The van der Waals surface area contributed by atoms with Crippen LogP contribution in [0.4, 0.5) is 0 Å². The highest BCUT2D eigenvalue weighted by Gasteiger charge is 2.13. The van der Waals surface area contributed by atoms with Gasteiger partial charge in [0.25, 0.3) is 5.91 Å². The molecule has 3 rings (SSSR count). The summed E-state index contributed by atoms with van der Waals surface area (Å²) in [5, 5.41) is 6.61. The van der Waals surface area contributed by atoms with Crippen molar-refractivity contribution in [1.82, 2.24) is 15.5 Å². The summed E-state index contributed by atoms with van der Waals surface area (Å²) in [6.07, 6.45) is 3.36. The maximum Gasteiger partial charge on any atom is 0.273 e. The molecular formula is C17H15N3O3. The zero-order valence-corrected chi connectivity index (χ0v) is 12.5. The first kappa shape index (κ1) is 14.8. The first-order chi connectivity index (χ1) is 11.3. The van der Waals surface area contributed by atoms with Crippen LogP contribution in [0, 0.1) is 0 Å². The van der Waals surface area contributed by atoms with Crippen molar-refractivity contribution in [2.45, 2.75) is 6.54 Å². The second-order valence-corrected chi connectivity index (χ2v) is 4.84. The van der Waals surface area contributed by atoms with E-state index in [0.717, 1.165) is 16.9 Å². The summed E-state index contributed by atoms with van der Waals surface area (Å²) in [6, 6.07) is 12.6. The molecule has 0 atom stereocenters. The SMILES string of the molecule is COc1ccc(-c2cc(C(=O)NCc3ccncc3)no2)cc1. The number of nitrogens with one attached hydrogen (secondary N) is 1. The first-order valence-corrected chi connectivity index (χ1v) is 7.04. The molecule has 0 bridgehead atoms. The first-order valence-electron chi connectivity index (χ1n) is 7.04. The number of benzene rings is 1. The lowest BCUT2D eigenvalue weighted by Crippen LogP contribution is -2.22. The van der Waals surface area contributed by atoms with E-state index in [2.05, 4.69) is 15.5 Å². The molecule has 2 aromatic heterocycles. The molecule has 0 saturated heterocycles. The number of nitrogens with zero attached hydrogens (tertiary/aromatic N) is 2. The maximum absolute atomic E-state index is 12.1. The zero-order chi connectivity index (χ0) is 16.1. The van der Waals surface area contributed by atoms with Crippen molar-refractivity contribution < 1.29 is 14.1 Å². The highest BCUT2D eigenvalue weighted by atomic mass is 16.5. The Balaban J connectivity index is 1.67. The number of ether oxygens (including phenoxy) is 1. The molecular weight excluding hydrogens is 294 g/mol. The van der Waals surface area contributed by atoms with E-state index in [1.54, 1.807) is 25.6 Å². The van der Waals surface area contributed by atoms with Crippen LogP contribution in [0.15, 0.2) is 59.4 Å². The summed E-state index contributed by atoms with van der Waals surface area (Å²) in [7, 11) is 1.61. The van der Waals surface area contributed by atoms with Crippen molar-refractivity contribution >= 4 is 5.91 Å². The van der Waals surface area contributed by atoms with E-state index >= 15 is 0 Å². The molecule has 1 N–H and O–H groups in total. The summed E-state index contributed by atoms with van der Waals surface area (Å²) in [5.41, 5.74) is 2.03. The molecule has 0 aliphatic heterocycles. The van der Waals surface area contributed by atoms with Crippen molar-refractivity contribution in [3.63, 3.8) is 0 Å². The van der Waals surface area contributed by atoms with Crippen LogP contribution >= 0.6 is 0 Å². The molecule has 0 aliphatic carbocycles. The van der Waals surface area contributed by atoms with Crippen molar-refractivity contribution in [3.05, 3.63) is 66.1 Å². The summed E-state index contributed by atoms with van der Waals surface area (Å²) < 4.78 is 10.3. The van der Waals surface area contributed by atoms with Gasteiger partial charge in [0.1, 0.15) is 5.75 Å². The van der Waals surface area contributed by atoms with E-state index in [1.807, 2.05) is 36.4 Å². The highest BCUT2D eigenvalue weighted by molar-refractivity contribution is 5.93. The van der Waals surface area contributed by atoms with Crippen LogP contribution in [0.5, 0.6) is 5.75 Å². The Morgan fingerprint density at radius 1 is 1.17 bits per heavy atom. The lowest BCUT2D eigenvalue weighted by molar-refractivity contribution is 0.0942. The molecule has 0 aliphatic rings. The van der Waals surface area contributed by atoms with Gasteiger partial charge < -0.3 is 14.6 Å². The number of pyridine rings is 1. The normalized spacial score (nSPS) is 10.3. The standard InChI is InChI=1S/C17H15N3O3/c1-22-14-4-2-13(3-5-14)16-10-15(20-23-16)17(21)19-11-12-6-8-18-9-7-12/h2-10H,11H2,1H3,(H,19,21). The number of rotatable bonds is 5. The van der Waals surface area contributed by atoms with Gasteiger partial charge in [0.05, 0.1) is 7.11 Å². The van der Waals surface area contributed by atoms with Gasteiger partial charge in [-0.15, -0.1) is 0 Å². The molecule has 2 heterocycles. The third kappa shape index (κ3) is 3.55. The minimum atomic E-state index is -0.287. The van der Waals surface area contributed by atoms with Crippen molar-refractivity contribution in [2.24, 2.45) is 0 Å². The van der Waals surface area contributed by atoms with Crippen molar-refractivity contribution in [3.8, 4) is 17.1 Å². The van der Waals surface area contributed by atoms with Crippen LogP contribution < -0.4 is 10.1 Å². The molecule has 0 radical (unpaired) electrons. The minimum Gasteiger partial charge on any atom is -0.497 e. The molecule has 0 unspecified atom stereocenters. The second kappa shape index (κ2) is 6.74. The summed E-state index contributed by atoms with van der Waals surface area (Å²) >= 11 is 0. The summed E-state index contributed by atoms with van der Waals surface area (Å²) in [4.78, 5) is 16.0. The van der Waals surface area contributed by atoms with Crippen molar-refractivity contribution in [1.29, 1.82) is 0 Å². The predicted octanol–water partition coefficient (Wildman–Crippen LogP) is 2.68. The number of carbonyl (C=O) groups excluding carboxylic acids is 1. The molecule has 6 heteroatoms. The fourth-order valence-electron chi connectivity index (χ4n) is 2.05. The average Bonchev–Trinajstić information content (AvgIpc) is 3.11. The van der Waals surface area contributed by atoms with Crippen LogP contribution in [0.25, 0.3) is 11.3 Å². The molecule has 0 spiro atoms. The Kier molecular flexibility index (Phi) is 4.33. The Labute approximate surface area is 133 Å². The quantitative estimate of drug-likeness (QED) is 0.784. The van der Waals surface area contributed by atoms with Gasteiger partial charge in [0, 0.05) is 30.6 Å². The molecule has 1 amide bonds. The van der Waals surface area contributed by atoms with Crippen LogP contribution in [0.1, 0.15) is 16.1 Å². The number of hydrogen-bond donors (Lipinski definition) is 1. The third-order valence-corrected chi connectivity index (χ3v) is 3.32. The van der Waals surface area contributed by atoms with Crippen LogP contribution in [-0.4, -0.2) is 23.2 Å². The average molecular weight is 309 g/mol. The van der Waals surface area contributed by atoms with Gasteiger partial charge in [-0.3, -0.25) is 9.78 Å². The summed E-state index contributed by atoms with van der Waals surface area (Å²) in [6.45, 7) is 0.409. The van der Waals surface area contributed by atoms with Crippen LogP contribution in [-0.2, 0) is 6.54 Å². The van der Waals surface area contributed by atoms with Gasteiger partial charge >= 0.3 is 0 Å². The number of amides is 1. The Bertz CT molecular complexity index is 782. The van der Waals surface area contributed by atoms with E-state index in [0.29, 0.717) is 12.3 Å². The second-order valence-electron chi connectivity index (χ2n) is 4.84. The van der Waals surface area contributed by atoms with Gasteiger partial charge in [0.2, 0.25) is 0 Å². The largest absolute Gasteiger partial charge is 0.497 e. The van der Waals surface area contributed by atoms with E-state index in [-0.39, 0.29) is 11.6 Å². The maximum atomic E-state index is 12.1. The van der Waals surface area contributed by atoms with E-state index < -0.39 is 0 Å². The van der Waals surface area contributed by atoms with E-state index in [9.17, 15) is 4.79 Å². The molecule has 23 heavy (non-hydrogen) atoms. The fraction of sp³-hybridized carbons (Fsp3) is 0.118. The Morgan fingerprint density at radius 3 is 2.61 bits per heavy atom. The third-order valence-electron chi connectivity index (χ3n) is 3.32. The lowest BCUT2D eigenvalue weighted by atomic mass is 10.1. The zero-order valence-electron chi connectivity index (χ0n) is 12.5. The monoisotopic (exact) mass is 309 g/mol. The predicted molar refractivity (Wildman–Crippen MR) is 83.9 cm³/mol. The van der Waals surface area contributed by atoms with E-state index in [1.165, 1.54) is 0 Å². The highest BCUT2D eigenvalue weighted by Crippen LogP contribution is 2.23. The summed E-state index contributed by atoms with van der Waals surface area (Å²) in [5.74, 6) is 0.996. The molecule has 1 aromatic carbocycles. The Hall–Kier alpha value is -3.15. The number of aromatic nitrogens is 2. The van der Waals surface area contributed by atoms with Crippen molar-refractivity contribution in [2.75, 3.05) is 7.11 Å². The fourth-order valence-corrected chi connectivity index (χ4v) is 2.05. The lowest BCUT2D eigenvalue weighted by Gasteiger charge is -2.01. The number of hydrogen-bond acceptors (Lipinski definition) is 5. The van der Waals surface area contributed by atoms with Gasteiger partial charge in [-0.2, -0.15) is 0 Å². The van der Waals surface area contributed by atoms with Gasteiger partial charge in [-0.25, -0.2) is 0 Å². The topological polar surface area (TPSA) is 77.2 Å². The molecule has 116 valence electrons. The van der Waals surface area contributed by atoms with Crippen LogP contribution in [0.3, 0.4) is 0 Å². The molecule has 6 nitrogen and oxygen atoms in total. The number of methoxy groups -OCH3 is 1. The van der Waals surface area contributed by atoms with Gasteiger partial charge in [-0.1, -0.05) is 5.16 Å². The van der Waals surface area contributed by atoms with Crippen LogP contribution in [0.2, 0.25) is 0 Å². The molecule has 0 fully saturated rings. The van der Waals surface area contributed by atoms with Gasteiger partial charge in [-0.05, 0) is 42.0 Å². The molecule has 0 saturated carbocycles. The number of carbonyl (C=O) groups is 1.